The summed E-state index contributed by atoms with van der Waals surface area (Å²) in [6.07, 6.45) is 9.47. The fraction of sp³-hybridized carbons (Fsp3) is 0.524. The summed E-state index contributed by atoms with van der Waals surface area (Å²) in [6, 6.07) is 8.21. The molecule has 1 atom stereocenters. The molecule has 0 spiro atoms. The minimum Gasteiger partial charge on any atom is -0.325 e. The van der Waals surface area contributed by atoms with Gasteiger partial charge in [0, 0.05) is 23.8 Å². The maximum atomic E-state index is 13.3. The molecule has 4 nitrogen and oxygen atoms in total. The summed E-state index contributed by atoms with van der Waals surface area (Å²) in [6.45, 7) is 2.02. The van der Waals surface area contributed by atoms with Crippen molar-refractivity contribution in [2.24, 2.45) is 5.41 Å². The second-order valence-corrected chi connectivity index (χ2v) is 7.74. The highest BCUT2D eigenvalue weighted by Crippen LogP contribution is 2.50. The SMILES string of the molecule is Cc1cccc(NC(=O)C23CCC=C2N(C2CCCC2)C(=O)CC3)c1. The van der Waals surface area contributed by atoms with Crippen molar-refractivity contribution in [3.8, 4) is 0 Å². The van der Waals surface area contributed by atoms with Crippen LogP contribution in [0.15, 0.2) is 36.0 Å². The van der Waals surface area contributed by atoms with E-state index in [9.17, 15) is 9.59 Å². The first-order valence-corrected chi connectivity index (χ1v) is 9.51. The summed E-state index contributed by atoms with van der Waals surface area (Å²) in [5.41, 5.74) is 2.43. The third kappa shape index (κ3) is 2.78. The van der Waals surface area contributed by atoms with Gasteiger partial charge in [-0.25, -0.2) is 0 Å². The van der Waals surface area contributed by atoms with Gasteiger partial charge in [-0.2, -0.15) is 0 Å². The van der Waals surface area contributed by atoms with E-state index >= 15 is 0 Å². The van der Waals surface area contributed by atoms with Gasteiger partial charge in [-0.05, 0) is 56.7 Å². The number of likely N-dealkylation sites (tertiary alicyclic amines) is 1. The zero-order valence-corrected chi connectivity index (χ0v) is 14.9. The predicted molar refractivity (Wildman–Crippen MR) is 97.9 cm³/mol. The van der Waals surface area contributed by atoms with Crippen molar-refractivity contribution >= 4 is 17.5 Å². The molecule has 1 heterocycles. The molecule has 1 saturated carbocycles. The highest BCUT2D eigenvalue weighted by Gasteiger charge is 2.52. The number of hydrogen-bond acceptors (Lipinski definition) is 2. The van der Waals surface area contributed by atoms with Crippen LogP contribution in [0.25, 0.3) is 0 Å². The van der Waals surface area contributed by atoms with Crippen LogP contribution in [0, 0.1) is 12.3 Å². The Morgan fingerprint density at radius 3 is 2.80 bits per heavy atom. The summed E-state index contributed by atoms with van der Waals surface area (Å²) in [5.74, 6) is 0.261. The molecule has 1 aromatic rings. The van der Waals surface area contributed by atoms with Gasteiger partial charge in [0.2, 0.25) is 11.8 Å². The number of rotatable bonds is 3. The van der Waals surface area contributed by atoms with Crippen LogP contribution in [0.5, 0.6) is 0 Å². The highest BCUT2D eigenvalue weighted by atomic mass is 16.2. The summed E-state index contributed by atoms with van der Waals surface area (Å²) in [4.78, 5) is 27.9. The monoisotopic (exact) mass is 338 g/mol. The number of anilines is 1. The van der Waals surface area contributed by atoms with Crippen molar-refractivity contribution in [3.63, 3.8) is 0 Å². The number of carbonyl (C=O) groups is 2. The van der Waals surface area contributed by atoms with Crippen molar-refractivity contribution in [2.45, 2.75) is 64.3 Å². The third-order valence-electron chi connectivity index (χ3n) is 6.09. The number of nitrogens with zero attached hydrogens (tertiary/aromatic N) is 1. The fourth-order valence-electron chi connectivity index (χ4n) is 4.82. The van der Waals surface area contributed by atoms with Gasteiger partial charge in [0.25, 0.3) is 0 Å². The molecule has 3 aliphatic rings. The first kappa shape index (κ1) is 16.4. The van der Waals surface area contributed by atoms with Crippen LogP contribution in [-0.4, -0.2) is 22.8 Å². The standard InChI is InChI=1S/C21H26N2O2/c1-15-6-4-7-16(14-15)22-20(25)21-12-5-10-18(21)23(19(24)11-13-21)17-8-2-3-9-17/h4,6-7,10,14,17H,2-3,5,8-9,11-13H2,1H3,(H,22,25). The molecule has 4 rings (SSSR count). The molecule has 132 valence electrons. The Labute approximate surface area is 149 Å². The first-order chi connectivity index (χ1) is 12.1. The van der Waals surface area contributed by atoms with Gasteiger partial charge in [-0.3, -0.25) is 9.59 Å². The van der Waals surface area contributed by atoms with Crippen LogP contribution in [0.2, 0.25) is 0 Å². The van der Waals surface area contributed by atoms with E-state index in [1.165, 1.54) is 12.8 Å². The number of carbonyl (C=O) groups excluding carboxylic acids is 2. The second kappa shape index (κ2) is 6.32. The smallest absolute Gasteiger partial charge is 0.236 e. The average Bonchev–Trinajstić information content (AvgIpc) is 3.24. The molecule has 1 aliphatic heterocycles. The lowest BCUT2D eigenvalue weighted by atomic mass is 9.75. The van der Waals surface area contributed by atoms with Crippen molar-refractivity contribution < 1.29 is 9.59 Å². The normalized spacial score (nSPS) is 26.5. The Balaban J connectivity index is 1.62. The minimum atomic E-state index is -0.528. The van der Waals surface area contributed by atoms with Crippen LogP contribution in [-0.2, 0) is 9.59 Å². The van der Waals surface area contributed by atoms with Gasteiger partial charge in [0.1, 0.15) is 0 Å². The van der Waals surface area contributed by atoms with Gasteiger partial charge in [0.15, 0.2) is 0 Å². The number of allylic oxidation sites excluding steroid dienone is 1. The highest BCUT2D eigenvalue weighted by molar-refractivity contribution is 6.00. The van der Waals surface area contributed by atoms with Gasteiger partial charge < -0.3 is 10.2 Å². The lowest BCUT2D eigenvalue weighted by molar-refractivity contribution is -0.139. The maximum Gasteiger partial charge on any atom is 0.236 e. The number of nitrogens with one attached hydrogen (secondary N) is 1. The van der Waals surface area contributed by atoms with Gasteiger partial charge in [-0.1, -0.05) is 31.1 Å². The summed E-state index contributed by atoms with van der Waals surface area (Å²) >= 11 is 0. The Morgan fingerprint density at radius 2 is 2.04 bits per heavy atom. The number of benzene rings is 1. The molecule has 4 heteroatoms. The Bertz CT molecular complexity index is 733. The molecule has 1 saturated heterocycles. The Kier molecular flexibility index (Phi) is 4.14. The van der Waals surface area contributed by atoms with Crippen LogP contribution in [0.3, 0.4) is 0 Å². The zero-order valence-electron chi connectivity index (χ0n) is 14.9. The lowest BCUT2D eigenvalue weighted by Gasteiger charge is -2.44. The molecule has 2 aliphatic carbocycles. The molecule has 1 aromatic carbocycles. The molecule has 1 N–H and O–H groups in total. The van der Waals surface area contributed by atoms with E-state index in [0.29, 0.717) is 18.9 Å². The van der Waals surface area contributed by atoms with Gasteiger partial charge >= 0.3 is 0 Å². The van der Waals surface area contributed by atoms with E-state index in [0.717, 1.165) is 42.6 Å². The first-order valence-electron chi connectivity index (χ1n) is 9.51. The summed E-state index contributed by atoms with van der Waals surface area (Å²) < 4.78 is 0. The number of fused-ring (bicyclic) bond motifs is 1. The molecule has 25 heavy (non-hydrogen) atoms. The second-order valence-electron chi connectivity index (χ2n) is 7.74. The van der Waals surface area contributed by atoms with E-state index in [-0.39, 0.29) is 11.8 Å². The van der Waals surface area contributed by atoms with Gasteiger partial charge in [0.05, 0.1) is 5.41 Å². The van der Waals surface area contributed by atoms with E-state index in [4.69, 9.17) is 0 Å². The summed E-state index contributed by atoms with van der Waals surface area (Å²) in [5, 5.41) is 3.12. The molecule has 1 unspecified atom stereocenters. The zero-order chi connectivity index (χ0) is 17.4. The third-order valence-corrected chi connectivity index (χ3v) is 6.09. The van der Waals surface area contributed by atoms with Crippen LogP contribution >= 0.6 is 0 Å². The van der Waals surface area contributed by atoms with Crippen molar-refractivity contribution in [1.82, 2.24) is 4.90 Å². The van der Waals surface area contributed by atoms with E-state index in [1.54, 1.807) is 0 Å². The number of hydrogen-bond donors (Lipinski definition) is 1. The Hall–Kier alpha value is -2.10. The largest absolute Gasteiger partial charge is 0.325 e. The summed E-state index contributed by atoms with van der Waals surface area (Å²) in [7, 11) is 0. The predicted octanol–water partition coefficient (Wildman–Crippen LogP) is 4.16. The number of amides is 2. The topological polar surface area (TPSA) is 49.4 Å². The van der Waals surface area contributed by atoms with Crippen LogP contribution in [0.1, 0.15) is 56.9 Å². The van der Waals surface area contributed by atoms with E-state index in [2.05, 4.69) is 11.4 Å². The fourth-order valence-corrected chi connectivity index (χ4v) is 4.82. The Morgan fingerprint density at radius 1 is 1.24 bits per heavy atom. The van der Waals surface area contributed by atoms with E-state index < -0.39 is 5.41 Å². The van der Waals surface area contributed by atoms with Crippen molar-refractivity contribution in [2.75, 3.05) is 5.32 Å². The molecule has 2 amide bonds. The quantitative estimate of drug-likeness (QED) is 0.899. The van der Waals surface area contributed by atoms with Crippen LogP contribution < -0.4 is 5.32 Å². The van der Waals surface area contributed by atoms with Crippen molar-refractivity contribution in [1.29, 1.82) is 0 Å². The van der Waals surface area contributed by atoms with Crippen LogP contribution in [0.4, 0.5) is 5.69 Å². The molecular formula is C21H26N2O2. The molecule has 0 bridgehead atoms. The lowest BCUT2D eigenvalue weighted by Crippen LogP contribution is -2.51. The molecule has 0 radical (unpaired) electrons. The van der Waals surface area contributed by atoms with Crippen molar-refractivity contribution in [3.05, 3.63) is 41.6 Å². The number of piperidine rings is 1. The van der Waals surface area contributed by atoms with Gasteiger partial charge in [-0.15, -0.1) is 0 Å². The molecular weight excluding hydrogens is 312 g/mol. The molecule has 2 fully saturated rings. The minimum absolute atomic E-state index is 0.0531. The number of aryl methyl sites for hydroxylation is 1. The average molecular weight is 338 g/mol. The maximum absolute atomic E-state index is 13.3. The molecule has 0 aromatic heterocycles. The van der Waals surface area contributed by atoms with E-state index in [1.807, 2.05) is 36.1 Å².